The van der Waals surface area contributed by atoms with Crippen molar-refractivity contribution in [1.82, 2.24) is 0 Å². The third kappa shape index (κ3) is 53.9. The number of hydrogen-bond acceptors (Lipinski definition) is 6. The first-order valence-electron chi connectivity index (χ1n) is 28.8. The Kier molecular flexibility index (Phi) is 53.3. The second-order valence-corrected chi connectivity index (χ2v) is 19.3. The molecule has 0 amide bonds. The first-order chi connectivity index (χ1) is 33.0. The van der Waals surface area contributed by atoms with Crippen molar-refractivity contribution in [2.45, 2.75) is 297 Å². The Labute approximate surface area is 415 Å². The normalized spacial score (nSPS) is 12.5. The van der Waals surface area contributed by atoms with Crippen LogP contribution >= 0.6 is 0 Å². The van der Waals surface area contributed by atoms with Crippen LogP contribution in [0.4, 0.5) is 0 Å². The summed E-state index contributed by atoms with van der Waals surface area (Å²) >= 11 is 0. The SMILES string of the molecule is CCCCC/C=C\C=C/CCCCCCCCC(=O)OCC(COC(=O)CCCCCCC/C=C\CCCCCCCCCCC)OC(=O)CCCCC/C=C\C=C/CCCCCCCCC. The monoisotopic (exact) mass is 937 g/mol. The molecule has 0 rings (SSSR count). The Bertz CT molecular complexity index is 1210. The van der Waals surface area contributed by atoms with E-state index in [1.165, 1.54) is 167 Å². The Morgan fingerprint density at radius 2 is 0.537 bits per heavy atom. The molecule has 0 fully saturated rings. The van der Waals surface area contributed by atoms with Gasteiger partial charge >= 0.3 is 17.9 Å². The van der Waals surface area contributed by atoms with Crippen molar-refractivity contribution in [1.29, 1.82) is 0 Å². The Morgan fingerprint density at radius 1 is 0.299 bits per heavy atom. The highest BCUT2D eigenvalue weighted by molar-refractivity contribution is 5.71. The van der Waals surface area contributed by atoms with Gasteiger partial charge in [-0.05, 0) is 96.3 Å². The summed E-state index contributed by atoms with van der Waals surface area (Å²) in [6.07, 6.45) is 69.2. The number of carbonyl (C=O) groups excluding carboxylic acids is 3. The van der Waals surface area contributed by atoms with Gasteiger partial charge in [0.2, 0.25) is 0 Å². The summed E-state index contributed by atoms with van der Waals surface area (Å²) in [5.74, 6) is -0.929. The molecular formula is C61H108O6. The zero-order valence-corrected chi connectivity index (χ0v) is 44.4. The second-order valence-electron chi connectivity index (χ2n) is 19.3. The van der Waals surface area contributed by atoms with Crippen LogP contribution in [-0.4, -0.2) is 37.2 Å². The van der Waals surface area contributed by atoms with Crippen molar-refractivity contribution in [2.24, 2.45) is 0 Å². The van der Waals surface area contributed by atoms with E-state index in [-0.39, 0.29) is 31.1 Å². The van der Waals surface area contributed by atoms with E-state index in [0.29, 0.717) is 19.3 Å². The van der Waals surface area contributed by atoms with Gasteiger partial charge in [-0.15, -0.1) is 0 Å². The van der Waals surface area contributed by atoms with E-state index >= 15 is 0 Å². The molecule has 67 heavy (non-hydrogen) atoms. The predicted molar refractivity (Wildman–Crippen MR) is 288 cm³/mol. The van der Waals surface area contributed by atoms with E-state index in [0.717, 1.165) is 83.5 Å². The van der Waals surface area contributed by atoms with Crippen LogP contribution in [0.1, 0.15) is 290 Å². The number of esters is 3. The molecule has 0 spiro atoms. The maximum atomic E-state index is 12.8. The van der Waals surface area contributed by atoms with Crippen molar-refractivity contribution in [2.75, 3.05) is 13.2 Å². The van der Waals surface area contributed by atoms with Gasteiger partial charge in [-0.3, -0.25) is 14.4 Å². The van der Waals surface area contributed by atoms with E-state index in [1.54, 1.807) is 0 Å². The quantitative estimate of drug-likeness (QED) is 0.0199. The largest absolute Gasteiger partial charge is 0.462 e. The molecule has 0 aromatic carbocycles. The lowest BCUT2D eigenvalue weighted by Crippen LogP contribution is -2.30. The Balaban J connectivity index is 4.43. The molecule has 0 saturated carbocycles. The molecule has 0 aliphatic heterocycles. The summed E-state index contributed by atoms with van der Waals surface area (Å²) in [5, 5.41) is 0. The maximum Gasteiger partial charge on any atom is 0.306 e. The second kappa shape index (κ2) is 55.7. The molecule has 388 valence electrons. The first-order valence-corrected chi connectivity index (χ1v) is 28.8. The van der Waals surface area contributed by atoms with Crippen LogP contribution < -0.4 is 0 Å². The van der Waals surface area contributed by atoms with Gasteiger partial charge in [-0.2, -0.15) is 0 Å². The summed E-state index contributed by atoms with van der Waals surface area (Å²) < 4.78 is 16.8. The van der Waals surface area contributed by atoms with Crippen molar-refractivity contribution >= 4 is 17.9 Å². The summed E-state index contributed by atoms with van der Waals surface area (Å²) in [5.41, 5.74) is 0. The van der Waals surface area contributed by atoms with Crippen LogP contribution in [0, 0.1) is 0 Å². The van der Waals surface area contributed by atoms with Gasteiger partial charge < -0.3 is 14.2 Å². The first kappa shape index (κ1) is 64.1. The number of ether oxygens (including phenoxy) is 3. The number of carbonyl (C=O) groups is 3. The average molecular weight is 938 g/mol. The van der Waals surface area contributed by atoms with Gasteiger partial charge in [0, 0.05) is 19.3 Å². The molecule has 0 aliphatic rings. The minimum atomic E-state index is -0.796. The molecule has 1 unspecified atom stereocenters. The summed E-state index contributed by atoms with van der Waals surface area (Å²) in [7, 11) is 0. The average Bonchev–Trinajstić information content (AvgIpc) is 3.33. The summed E-state index contributed by atoms with van der Waals surface area (Å²) in [6.45, 7) is 6.59. The number of hydrogen-bond donors (Lipinski definition) is 0. The molecule has 0 aromatic heterocycles. The zero-order valence-electron chi connectivity index (χ0n) is 44.4. The minimum absolute atomic E-state index is 0.0923. The summed E-state index contributed by atoms with van der Waals surface area (Å²) in [4.78, 5) is 38.1. The molecule has 0 aromatic rings. The number of rotatable bonds is 52. The lowest BCUT2D eigenvalue weighted by molar-refractivity contribution is -0.167. The lowest BCUT2D eigenvalue weighted by atomic mass is 10.1. The van der Waals surface area contributed by atoms with Gasteiger partial charge in [0.15, 0.2) is 6.10 Å². The Hall–Kier alpha value is -2.89. The Morgan fingerprint density at radius 3 is 0.881 bits per heavy atom. The van der Waals surface area contributed by atoms with Crippen molar-refractivity contribution in [3.05, 3.63) is 60.8 Å². The van der Waals surface area contributed by atoms with Crippen molar-refractivity contribution in [3.63, 3.8) is 0 Å². The van der Waals surface area contributed by atoms with E-state index < -0.39 is 6.10 Å². The topological polar surface area (TPSA) is 78.9 Å². The highest BCUT2D eigenvalue weighted by Gasteiger charge is 2.19. The highest BCUT2D eigenvalue weighted by atomic mass is 16.6. The van der Waals surface area contributed by atoms with Crippen LogP contribution in [0.3, 0.4) is 0 Å². The number of unbranched alkanes of at least 4 members (excludes halogenated alkanes) is 33. The van der Waals surface area contributed by atoms with Crippen molar-refractivity contribution in [3.8, 4) is 0 Å². The molecule has 1 atom stereocenters. The lowest BCUT2D eigenvalue weighted by Gasteiger charge is -2.18. The van der Waals surface area contributed by atoms with E-state index in [9.17, 15) is 14.4 Å². The van der Waals surface area contributed by atoms with Gasteiger partial charge in [0.25, 0.3) is 0 Å². The van der Waals surface area contributed by atoms with Crippen molar-refractivity contribution < 1.29 is 28.6 Å². The van der Waals surface area contributed by atoms with Crippen LogP contribution in [-0.2, 0) is 28.6 Å². The molecular weight excluding hydrogens is 829 g/mol. The fraction of sp³-hybridized carbons (Fsp3) is 0.787. The molecule has 0 N–H and O–H groups in total. The summed E-state index contributed by atoms with van der Waals surface area (Å²) in [6, 6.07) is 0. The highest BCUT2D eigenvalue weighted by Crippen LogP contribution is 2.15. The minimum Gasteiger partial charge on any atom is -0.462 e. The maximum absolute atomic E-state index is 12.8. The predicted octanol–water partition coefficient (Wildman–Crippen LogP) is 19.2. The van der Waals surface area contributed by atoms with Crippen LogP contribution in [0.25, 0.3) is 0 Å². The zero-order chi connectivity index (χ0) is 48.6. The van der Waals surface area contributed by atoms with Gasteiger partial charge in [0.05, 0.1) is 0 Å². The van der Waals surface area contributed by atoms with Gasteiger partial charge in [-0.25, -0.2) is 0 Å². The third-order valence-electron chi connectivity index (χ3n) is 12.5. The fourth-order valence-corrected chi connectivity index (χ4v) is 8.13. The van der Waals surface area contributed by atoms with E-state index in [1.807, 2.05) is 0 Å². The van der Waals surface area contributed by atoms with Crippen LogP contribution in [0.15, 0.2) is 60.8 Å². The smallest absolute Gasteiger partial charge is 0.306 e. The number of allylic oxidation sites excluding steroid dienone is 10. The molecule has 0 bridgehead atoms. The standard InChI is InChI=1S/C61H108O6/c1-4-7-10-13-16-19-22-25-28-30-31-34-36-39-42-45-48-51-54-60(63)66-57-58(56-65-59(62)53-50-47-44-41-38-35-32-27-24-21-18-15-12-9-6-3)67-61(64)55-52-49-46-43-40-37-33-29-26-23-20-17-14-11-8-5-2/h18,21,24,27,29,31,33-34,37,40,58H,4-17,19-20,22-23,25-26,28,30,32,35-36,38-39,41-57H2,1-3H3/b21-18-,27-24-,33-29-,34-31-,40-37-. The fourth-order valence-electron chi connectivity index (χ4n) is 8.13. The van der Waals surface area contributed by atoms with Crippen LogP contribution in [0.2, 0.25) is 0 Å². The van der Waals surface area contributed by atoms with E-state index in [2.05, 4.69) is 81.5 Å². The molecule has 0 heterocycles. The van der Waals surface area contributed by atoms with Crippen LogP contribution in [0.5, 0.6) is 0 Å². The van der Waals surface area contributed by atoms with E-state index in [4.69, 9.17) is 14.2 Å². The molecule has 0 radical (unpaired) electrons. The third-order valence-corrected chi connectivity index (χ3v) is 12.5. The molecule has 0 aliphatic carbocycles. The molecule has 0 saturated heterocycles. The molecule has 6 heteroatoms. The van der Waals surface area contributed by atoms with Gasteiger partial charge in [0.1, 0.15) is 13.2 Å². The molecule has 6 nitrogen and oxygen atoms in total. The van der Waals surface area contributed by atoms with Gasteiger partial charge in [-0.1, -0.05) is 236 Å².